The molecule has 6 nitrogen and oxygen atoms in total. The van der Waals surface area contributed by atoms with Gasteiger partial charge in [-0.15, -0.1) is 0 Å². The maximum Gasteiger partial charge on any atom is 0.274 e. The Balaban J connectivity index is 1.96. The molecule has 6 heteroatoms. The van der Waals surface area contributed by atoms with Crippen LogP contribution >= 0.6 is 0 Å². The van der Waals surface area contributed by atoms with Gasteiger partial charge in [-0.3, -0.25) is 9.89 Å². The van der Waals surface area contributed by atoms with E-state index in [9.17, 15) is 4.79 Å². The molecule has 2 heterocycles. The van der Waals surface area contributed by atoms with E-state index >= 15 is 0 Å². The fourth-order valence-corrected chi connectivity index (χ4v) is 1.33. The Labute approximate surface area is 104 Å². The molecule has 94 valence electrons. The maximum atomic E-state index is 11.7. The van der Waals surface area contributed by atoms with Crippen molar-refractivity contribution in [1.29, 1.82) is 0 Å². The molecule has 0 radical (unpaired) electrons. The maximum absolute atomic E-state index is 11.7. The van der Waals surface area contributed by atoms with Crippen molar-refractivity contribution < 1.29 is 9.53 Å². The topological polar surface area (TPSA) is 79.9 Å². The van der Waals surface area contributed by atoms with Crippen molar-refractivity contribution in [1.82, 2.24) is 15.2 Å². The van der Waals surface area contributed by atoms with Gasteiger partial charge in [0.2, 0.25) is 0 Å². The SMILES string of the molecule is CCCOc1ccc(NC(=O)c2ccn[nH]2)nc1. The number of hydrogen-bond acceptors (Lipinski definition) is 4. The van der Waals surface area contributed by atoms with Gasteiger partial charge in [0.25, 0.3) is 5.91 Å². The molecule has 0 spiro atoms. The lowest BCUT2D eigenvalue weighted by molar-refractivity contribution is 0.102. The van der Waals surface area contributed by atoms with E-state index in [1.165, 1.54) is 6.20 Å². The third-order valence-corrected chi connectivity index (χ3v) is 2.20. The van der Waals surface area contributed by atoms with Gasteiger partial charge in [-0.25, -0.2) is 4.98 Å². The molecule has 2 N–H and O–H groups in total. The van der Waals surface area contributed by atoms with E-state index in [-0.39, 0.29) is 5.91 Å². The fourth-order valence-electron chi connectivity index (χ4n) is 1.33. The number of nitrogens with one attached hydrogen (secondary N) is 2. The number of carbonyl (C=O) groups is 1. The summed E-state index contributed by atoms with van der Waals surface area (Å²) in [5, 5.41) is 8.94. The Hall–Kier alpha value is -2.37. The summed E-state index contributed by atoms with van der Waals surface area (Å²) < 4.78 is 5.40. The lowest BCUT2D eigenvalue weighted by Crippen LogP contribution is -2.13. The zero-order valence-corrected chi connectivity index (χ0v) is 10.0. The normalized spacial score (nSPS) is 10.1. The van der Waals surface area contributed by atoms with Crippen molar-refractivity contribution in [2.75, 3.05) is 11.9 Å². The number of aromatic nitrogens is 3. The average Bonchev–Trinajstić information content (AvgIpc) is 2.92. The van der Waals surface area contributed by atoms with Crippen LogP contribution in [0.15, 0.2) is 30.6 Å². The van der Waals surface area contributed by atoms with Crippen LogP contribution in [0.2, 0.25) is 0 Å². The summed E-state index contributed by atoms with van der Waals surface area (Å²) in [4.78, 5) is 15.8. The highest BCUT2D eigenvalue weighted by Gasteiger charge is 2.07. The van der Waals surface area contributed by atoms with Crippen LogP contribution in [-0.2, 0) is 0 Å². The van der Waals surface area contributed by atoms with Gasteiger partial charge in [0.05, 0.1) is 12.8 Å². The molecular weight excluding hydrogens is 232 g/mol. The molecule has 0 aromatic carbocycles. The predicted molar refractivity (Wildman–Crippen MR) is 66.6 cm³/mol. The molecule has 0 aliphatic carbocycles. The number of nitrogens with zero attached hydrogens (tertiary/aromatic N) is 2. The number of carbonyl (C=O) groups excluding carboxylic acids is 1. The van der Waals surface area contributed by atoms with E-state index in [1.54, 1.807) is 24.4 Å². The number of aromatic amines is 1. The van der Waals surface area contributed by atoms with Gasteiger partial charge in [0, 0.05) is 6.20 Å². The third-order valence-electron chi connectivity index (χ3n) is 2.20. The highest BCUT2D eigenvalue weighted by atomic mass is 16.5. The third kappa shape index (κ3) is 3.07. The van der Waals surface area contributed by atoms with Crippen LogP contribution < -0.4 is 10.1 Å². The molecule has 0 saturated carbocycles. The number of anilines is 1. The van der Waals surface area contributed by atoms with Gasteiger partial charge in [-0.05, 0) is 24.6 Å². The van der Waals surface area contributed by atoms with Crippen LogP contribution in [0.1, 0.15) is 23.8 Å². The Morgan fingerprint density at radius 2 is 2.33 bits per heavy atom. The van der Waals surface area contributed by atoms with E-state index in [1.807, 2.05) is 6.92 Å². The van der Waals surface area contributed by atoms with Gasteiger partial charge in [-0.1, -0.05) is 6.92 Å². The first-order valence-corrected chi connectivity index (χ1v) is 5.69. The van der Waals surface area contributed by atoms with Crippen molar-refractivity contribution in [3.05, 3.63) is 36.3 Å². The van der Waals surface area contributed by atoms with E-state index in [4.69, 9.17) is 4.74 Å². The fraction of sp³-hybridized carbons (Fsp3) is 0.250. The summed E-state index contributed by atoms with van der Waals surface area (Å²) >= 11 is 0. The molecule has 1 amide bonds. The number of pyridine rings is 1. The summed E-state index contributed by atoms with van der Waals surface area (Å²) in [6.07, 6.45) is 4.04. The van der Waals surface area contributed by atoms with Crippen LogP contribution in [0.5, 0.6) is 5.75 Å². The first kappa shape index (κ1) is 12.1. The van der Waals surface area contributed by atoms with Gasteiger partial charge in [0.1, 0.15) is 17.3 Å². The minimum absolute atomic E-state index is 0.276. The Morgan fingerprint density at radius 1 is 1.44 bits per heavy atom. The van der Waals surface area contributed by atoms with Crippen LogP contribution in [0, 0.1) is 0 Å². The largest absolute Gasteiger partial charge is 0.492 e. The van der Waals surface area contributed by atoms with Crippen LogP contribution in [0.3, 0.4) is 0 Å². The van der Waals surface area contributed by atoms with E-state index in [0.29, 0.717) is 23.9 Å². The Bertz CT molecular complexity index is 493. The summed E-state index contributed by atoms with van der Waals surface area (Å²) in [6.45, 7) is 2.69. The molecule has 2 aromatic rings. The van der Waals surface area contributed by atoms with Crippen molar-refractivity contribution >= 4 is 11.7 Å². The van der Waals surface area contributed by atoms with E-state index in [2.05, 4.69) is 20.5 Å². The number of ether oxygens (including phenoxy) is 1. The molecule has 0 aliphatic heterocycles. The highest BCUT2D eigenvalue weighted by Crippen LogP contribution is 2.12. The van der Waals surface area contributed by atoms with E-state index < -0.39 is 0 Å². The number of hydrogen-bond donors (Lipinski definition) is 2. The summed E-state index contributed by atoms with van der Waals surface area (Å²) in [5.74, 6) is 0.886. The molecule has 2 rings (SSSR count). The minimum Gasteiger partial charge on any atom is -0.492 e. The molecule has 0 bridgehead atoms. The number of amides is 1. The van der Waals surface area contributed by atoms with Gasteiger partial charge in [-0.2, -0.15) is 5.10 Å². The smallest absolute Gasteiger partial charge is 0.274 e. The number of rotatable bonds is 5. The van der Waals surface area contributed by atoms with Crippen molar-refractivity contribution in [3.63, 3.8) is 0 Å². The Kier molecular flexibility index (Phi) is 3.90. The molecular formula is C12H14N4O2. The van der Waals surface area contributed by atoms with Gasteiger partial charge in [0.15, 0.2) is 0 Å². The molecule has 0 saturated heterocycles. The van der Waals surface area contributed by atoms with Gasteiger partial charge >= 0.3 is 0 Å². The molecule has 0 aliphatic rings. The second-order valence-electron chi connectivity index (χ2n) is 3.65. The number of H-pyrrole nitrogens is 1. The Morgan fingerprint density at radius 3 is 2.94 bits per heavy atom. The van der Waals surface area contributed by atoms with Crippen LogP contribution in [-0.4, -0.2) is 27.7 Å². The first-order chi connectivity index (χ1) is 8.79. The quantitative estimate of drug-likeness (QED) is 0.843. The summed E-state index contributed by atoms with van der Waals surface area (Å²) in [7, 11) is 0. The zero-order chi connectivity index (χ0) is 12.8. The molecule has 0 fully saturated rings. The average molecular weight is 246 g/mol. The second-order valence-corrected chi connectivity index (χ2v) is 3.65. The molecule has 0 atom stereocenters. The monoisotopic (exact) mass is 246 g/mol. The van der Waals surface area contributed by atoms with Crippen molar-refractivity contribution in [2.24, 2.45) is 0 Å². The highest BCUT2D eigenvalue weighted by molar-refractivity contribution is 6.02. The molecule has 18 heavy (non-hydrogen) atoms. The first-order valence-electron chi connectivity index (χ1n) is 5.69. The van der Waals surface area contributed by atoms with Crippen LogP contribution in [0.4, 0.5) is 5.82 Å². The predicted octanol–water partition coefficient (Wildman–Crippen LogP) is 1.85. The molecule has 2 aromatic heterocycles. The standard InChI is InChI=1S/C12H14N4O2/c1-2-7-18-9-3-4-11(13-8-9)15-12(17)10-5-6-14-16-10/h3-6,8H,2,7H2,1H3,(H,14,16)(H,13,15,17). The van der Waals surface area contributed by atoms with Gasteiger partial charge < -0.3 is 10.1 Å². The summed E-state index contributed by atoms with van der Waals surface area (Å²) in [6, 6.07) is 5.05. The minimum atomic E-state index is -0.276. The lowest BCUT2D eigenvalue weighted by Gasteiger charge is -2.05. The summed E-state index contributed by atoms with van der Waals surface area (Å²) in [5.41, 5.74) is 0.392. The lowest BCUT2D eigenvalue weighted by atomic mass is 10.4. The zero-order valence-electron chi connectivity index (χ0n) is 10.0. The van der Waals surface area contributed by atoms with Crippen LogP contribution in [0.25, 0.3) is 0 Å². The van der Waals surface area contributed by atoms with Crippen molar-refractivity contribution in [2.45, 2.75) is 13.3 Å². The van der Waals surface area contributed by atoms with Crippen molar-refractivity contribution in [3.8, 4) is 5.75 Å². The molecule has 0 unspecified atom stereocenters. The van der Waals surface area contributed by atoms with E-state index in [0.717, 1.165) is 6.42 Å². The second kappa shape index (κ2) is 5.81.